The standard InChI is InChI=1S/C18H19N3O4S/c1-11(22)19-12-4-6-13(7-5-12)21-26(24,25)14-8-9-16-15(10-14)18(2,3)17(23)20-16/h4-10,21H,1-3H3,(H,19,22)(H,20,23). The lowest BCUT2D eigenvalue weighted by Gasteiger charge is -2.16. The van der Waals surface area contributed by atoms with Crippen LogP contribution >= 0.6 is 0 Å². The largest absolute Gasteiger partial charge is 0.326 e. The molecule has 0 spiro atoms. The van der Waals surface area contributed by atoms with E-state index in [-0.39, 0.29) is 16.7 Å². The topological polar surface area (TPSA) is 104 Å². The molecule has 0 atom stereocenters. The first-order valence-corrected chi connectivity index (χ1v) is 9.44. The van der Waals surface area contributed by atoms with Gasteiger partial charge in [-0.05, 0) is 61.9 Å². The normalized spacial score (nSPS) is 15.1. The van der Waals surface area contributed by atoms with Crippen LogP contribution in [0.3, 0.4) is 0 Å². The zero-order chi connectivity index (χ0) is 19.1. The van der Waals surface area contributed by atoms with E-state index in [1.165, 1.54) is 19.1 Å². The van der Waals surface area contributed by atoms with Crippen molar-refractivity contribution in [3.8, 4) is 0 Å². The molecule has 7 nitrogen and oxygen atoms in total. The Morgan fingerprint density at radius 3 is 2.27 bits per heavy atom. The van der Waals surface area contributed by atoms with E-state index in [0.717, 1.165) is 0 Å². The highest BCUT2D eigenvalue weighted by Gasteiger charge is 2.39. The molecule has 2 aromatic carbocycles. The van der Waals surface area contributed by atoms with Crippen molar-refractivity contribution in [2.24, 2.45) is 0 Å². The summed E-state index contributed by atoms with van der Waals surface area (Å²) < 4.78 is 27.8. The fourth-order valence-corrected chi connectivity index (χ4v) is 3.84. The lowest BCUT2D eigenvalue weighted by molar-refractivity contribution is -0.119. The number of nitrogens with one attached hydrogen (secondary N) is 3. The molecular weight excluding hydrogens is 354 g/mol. The zero-order valence-electron chi connectivity index (χ0n) is 14.6. The SMILES string of the molecule is CC(=O)Nc1ccc(NS(=O)(=O)c2ccc3c(c2)C(C)(C)C(=O)N3)cc1. The third kappa shape index (κ3) is 3.28. The van der Waals surface area contributed by atoms with Gasteiger partial charge in [-0.2, -0.15) is 0 Å². The van der Waals surface area contributed by atoms with Crippen LogP contribution in [-0.4, -0.2) is 20.2 Å². The lowest BCUT2D eigenvalue weighted by Crippen LogP contribution is -2.27. The minimum atomic E-state index is -3.81. The average Bonchev–Trinajstić information content (AvgIpc) is 2.78. The monoisotopic (exact) mass is 373 g/mol. The van der Waals surface area contributed by atoms with E-state index in [0.29, 0.717) is 22.6 Å². The lowest BCUT2D eigenvalue weighted by atomic mass is 9.86. The van der Waals surface area contributed by atoms with Gasteiger partial charge >= 0.3 is 0 Å². The van der Waals surface area contributed by atoms with Gasteiger partial charge in [-0.15, -0.1) is 0 Å². The molecule has 3 rings (SSSR count). The van der Waals surface area contributed by atoms with Crippen molar-refractivity contribution in [1.29, 1.82) is 0 Å². The Morgan fingerprint density at radius 1 is 1.04 bits per heavy atom. The molecule has 0 bridgehead atoms. The van der Waals surface area contributed by atoms with Crippen molar-refractivity contribution < 1.29 is 18.0 Å². The fourth-order valence-electron chi connectivity index (χ4n) is 2.76. The Morgan fingerprint density at radius 2 is 1.65 bits per heavy atom. The number of carbonyl (C=O) groups excluding carboxylic acids is 2. The second kappa shape index (κ2) is 6.14. The van der Waals surface area contributed by atoms with E-state index < -0.39 is 15.4 Å². The van der Waals surface area contributed by atoms with Gasteiger partial charge in [-0.25, -0.2) is 8.42 Å². The second-order valence-electron chi connectivity index (χ2n) is 6.65. The summed E-state index contributed by atoms with van der Waals surface area (Å²) in [7, 11) is -3.81. The molecule has 0 saturated carbocycles. The summed E-state index contributed by atoms with van der Waals surface area (Å²) >= 11 is 0. The smallest absolute Gasteiger partial charge is 0.261 e. The molecule has 2 amide bonds. The first kappa shape index (κ1) is 17.9. The molecule has 3 N–H and O–H groups in total. The predicted octanol–water partition coefficient (Wildman–Crippen LogP) is 2.68. The molecule has 1 aliphatic heterocycles. The van der Waals surface area contributed by atoms with Crippen LogP contribution in [0.1, 0.15) is 26.3 Å². The molecule has 26 heavy (non-hydrogen) atoms. The summed E-state index contributed by atoms with van der Waals surface area (Å²) in [6.45, 7) is 4.89. The minimum Gasteiger partial charge on any atom is -0.326 e. The number of rotatable bonds is 4. The summed E-state index contributed by atoms with van der Waals surface area (Å²) in [6.07, 6.45) is 0. The van der Waals surface area contributed by atoms with Gasteiger partial charge in [0.05, 0.1) is 10.3 Å². The Bertz CT molecular complexity index is 996. The average molecular weight is 373 g/mol. The van der Waals surface area contributed by atoms with E-state index in [9.17, 15) is 18.0 Å². The van der Waals surface area contributed by atoms with Gasteiger partial charge in [0.1, 0.15) is 0 Å². The summed E-state index contributed by atoms with van der Waals surface area (Å²) in [5.74, 6) is -0.370. The number of anilines is 3. The molecule has 136 valence electrons. The van der Waals surface area contributed by atoms with E-state index in [1.807, 2.05) is 0 Å². The van der Waals surface area contributed by atoms with E-state index in [1.54, 1.807) is 44.2 Å². The maximum Gasteiger partial charge on any atom is 0.261 e. The molecular formula is C18H19N3O4S. The highest BCUT2D eigenvalue weighted by molar-refractivity contribution is 7.92. The number of hydrogen-bond donors (Lipinski definition) is 3. The minimum absolute atomic E-state index is 0.0757. The van der Waals surface area contributed by atoms with Gasteiger partial charge < -0.3 is 10.6 Å². The van der Waals surface area contributed by atoms with Gasteiger partial charge in [-0.3, -0.25) is 14.3 Å². The molecule has 0 aromatic heterocycles. The van der Waals surface area contributed by atoms with E-state index in [4.69, 9.17) is 0 Å². The molecule has 0 aliphatic carbocycles. The Balaban J connectivity index is 1.87. The number of sulfonamides is 1. The van der Waals surface area contributed by atoms with Crippen LogP contribution in [0.15, 0.2) is 47.4 Å². The summed E-state index contributed by atoms with van der Waals surface area (Å²) in [6, 6.07) is 10.9. The molecule has 0 radical (unpaired) electrons. The second-order valence-corrected chi connectivity index (χ2v) is 8.33. The van der Waals surface area contributed by atoms with Crippen molar-refractivity contribution in [1.82, 2.24) is 0 Å². The van der Waals surface area contributed by atoms with Crippen molar-refractivity contribution in [3.63, 3.8) is 0 Å². The van der Waals surface area contributed by atoms with Gasteiger partial charge in [0.15, 0.2) is 0 Å². The number of fused-ring (bicyclic) bond motifs is 1. The number of benzene rings is 2. The third-order valence-electron chi connectivity index (χ3n) is 4.25. The molecule has 0 unspecified atom stereocenters. The molecule has 1 aliphatic rings. The van der Waals surface area contributed by atoms with Crippen LogP contribution in [-0.2, 0) is 25.0 Å². The number of carbonyl (C=O) groups is 2. The van der Waals surface area contributed by atoms with E-state index in [2.05, 4.69) is 15.4 Å². The molecule has 8 heteroatoms. The maximum atomic E-state index is 12.7. The number of amides is 2. The quantitative estimate of drug-likeness (QED) is 0.766. The Kier molecular flexibility index (Phi) is 4.23. The summed E-state index contributed by atoms with van der Waals surface area (Å²) in [4.78, 5) is 23.1. The first-order valence-electron chi connectivity index (χ1n) is 7.96. The van der Waals surface area contributed by atoms with Crippen molar-refractivity contribution in [2.45, 2.75) is 31.1 Å². The van der Waals surface area contributed by atoms with Gasteiger partial charge in [0.2, 0.25) is 11.8 Å². The van der Waals surface area contributed by atoms with Gasteiger partial charge in [0, 0.05) is 24.0 Å². The highest BCUT2D eigenvalue weighted by atomic mass is 32.2. The van der Waals surface area contributed by atoms with Crippen molar-refractivity contribution in [3.05, 3.63) is 48.0 Å². The maximum absolute atomic E-state index is 12.7. The van der Waals surface area contributed by atoms with Crippen molar-refractivity contribution >= 4 is 38.9 Å². The molecule has 1 heterocycles. The van der Waals surface area contributed by atoms with Crippen LogP contribution < -0.4 is 15.4 Å². The van der Waals surface area contributed by atoms with Crippen molar-refractivity contribution in [2.75, 3.05) is 15.4 Å². The van der Waals surface area contributed by atoms with Crippen LogP contribution in [0, 0.1) is 0 Å². The highest BCUT2D eigenvalue weighted by Crippen LogP contribution is 2.38. The molecule has 2 aromatic rings. The Labute approximate surface area is 151 Å². The van der Waals surface area contributed by atoms with Gasteiger partial charge in [-0.1, -0.05) is 0 Å². The molecule has 0 saturated heterocycles. The fraction of sp³-hybridized carbons (Fsp3) is 0.222. The van der Waals surface area contributed by atoms with Crippen LogP contribution in [0.2, 0.25) is 0 Å². The van der Waals surface area contributed by atoms with Crippen LogP contribution in [0.5, 0.6) is 0 Å². The Hall–Kier alpha value is -2.87. The number of hydrogen-bond acceptors (Lipinski definition) is 4. The van der Waals surface area contributed by atoms with Crippen LogP contribution in [0.25, 0.3) is 0 Å². The molecule has 0 fully saturated rings. The van der Waals surface area contributed by atoms with E-state index >= 15 is 0 Å². The summed E-state index contributed by atoms with van der Waals surface area (Å²) in [5, 5.41) is 5.36. The predicted molar refractivity (Wildman–Crippen MR) is 99.7 cm³/mol. The summed E-state index contributed by atoms with van der Waals surface area (Å²) in [5.41, 5.74) is 1.42. The van der Waals surface area contributed by atoms with Gasteiger partial charge in [0.25, 0.3) is 10.0 Å². The van der Waals surface area contributed by atoms with Crippen LogP contribution in [0.4, 0.5) is 17.1 Å². The zero-order valence-corrected chi connectivity index (χ0v) is 15.4. The first-order chi connectivity index (χ1) is 12.1. The third-order valence-corrected chi connectivity index (χ3v) is 5.63.